The van der Waals surface area contributed by atoms with Crippen LogP contribution < -0.4 is 5.32 Å². The molecule has 0 saturated heterocycles. The van der Waals surface area contributed by atoms with E-state index in [0.29, 0.717) is 5.82 Å². The number of benzene rings is 2. The number of fused-ring (bicyclic) bond motifs is 1. The molecule has 2 aromatic carbocycles. The summed E-state index contributed by atoms with van der Waals surface area (Å²) in [6, 6.07) is 17.5. The number of aromatic nitrogens is 2. The maximum absolute atomic E-state index is 10.5. The number of aryl methyl sites for hydroxylation is 1. The number of nitrogens with one attached hydrogen (secondary N) is 1. The summed E-state index contributed by atoms with van der Waals surface area (Å²) < 4.78 is 0. The van der Waals surface area contributed by atoms with Crippen molar-refractivity contribution in [2.45, 2.75) is 26.0 Å². The van der Waals surface area contributed by atoms with E-state index >= 15 is 0 Å². The van der Waals surface area contributed by atoms with Crippen LogP contribution in [0.15, 0.2) is 54.6 Å². The Labute approximate surface area is 129 Å². The van der Waals surface area contributed by atoms with Gasteiger partial charge in [0.15, 0.2) is 5.82 Å². The fourth-order valence-corrected chi connectivity index (χ4v) is 2.58. The highest BCUT2D eigenvalue weighted by atomic mass is 16.3. The summed E-state index contributed by atoms with van der Waals surface area (Å²) in [6.45, 7) is 3.88. The summed E-state index contributed by atoms with van der Waals surface area (Å²) in [7, 11) is 0. The van der Waals surface area contributed by atoms with Gasteiger partial charge in [-0.1, -0.05) is 54.6 Å². The van der Waals surface area contributed by atoms with E-state index in [0.717, 1.165) is 22.0 Å². The zero-order valence-corrected chi connectivity index (χ0v) is 12.7. The van der Waals surface area contributed by atoms with Gasteiger partial charge in [0.1, 0.15) is 0 Å². The zero-order chi connectivity index (χ0) is 15.5. The molecule has 1 heterocycles. The van der Waals surface area contributed by atoms with Crippen molar-refractivity contribution in [2.24, 2.45) is 0 Å². The first kappa shape index (κ1) is 14.5. The molecule has 0 amide bonds. The van der Waals surface area contributed by atoms with Crippen LogP contribution in [0.25, 0.3) is 10.8 Å². The van der Waals surface area contributed by atoms with Crippen LogP contribution in [0.5, 0.6) is 0 Å². The van der Waals surface area contributed by atoms with Crippen LogP contribution in [0, 0.1) is 6.92 Å². The van der Waals surface area contributed by atoms with Gasteiger partial charge in [-0.2, -0.15) is 5.10 Å². The second-order valence-corrected chi connectivity index (χ2v) is 5.47. The van der Waals surface area contributed by atoms with Gasteiger partial charge in [-0.3, -0.25) is 0 Å². The number of rotatable bonds is 4. The molecule has 2 N–H and O–H groups in total. The molecule has 3 rings (SSSR count). The Morgan fingerprint density at radius 1 is 0.909 bits per heavy atom. The molecule has 4 nitrogen and oxygen atoms in total. The summed E-state index contributed by atoms with van der Waals surface area (Å²) in [5.74, 6) is 0.698. The SMILES string of the molecule is Cc1nnc(NC(C)C(O)c2ccccc2)c2ccccc12. The molecule has 1 aromatic heterocycles. The summed E-state index contributed by atoms with van der Waals surface area (Å²) in [6.07, 6.45) is -0.608. The first-order valence-corrected chi connectivity index (χ1v) is 7.38. The summed E-state index contributed by atoms with van der Waals surface area (Å²) in [4.78, 5) is 0. The molecule has 0 fully saturated rings. The molecule has 3 aromatic rings. The summed E-state index contributed by atoms with van der Waals surface area (Å²) >= 11 is 0. The average molecular weight is 293 g/mol. The first-order chi connectivity index (χ1) is 10.7. The highest BCUT2D eigenvalue weighted by molar-refractivity contribution is 5.92. The maximum Gasteiger partial charge on any atom is 0.156 e. The lowest BCUT2D eigenvalue weighted by Crippen LogP contribution is -2.25. The number of aliphatic hydroxyl groups excluding tert-OH is 1. The molecule has 2 atom stereocenters. The van der Waals surface area contributed by atoms with Gasteiger partial charge in [0.25, 0.3) is 0 Å². The molecule has 0 aliphatic carbocycles. The number of aliphatic hydroxyl groups is 1. The van der Waals surface area contributed by atoms with Crippen LogP contribution in [-0.2, 0) is 0 Å². The Hall–Kier alpha value is -2.46. The molecular formula is C18H19N3O. The second kappa shape index (κ2) is 6.12. The number of nitrogens with zero attached hydrogens (tertiary/aromatic N) is 2. The van der Waals surface area contributed by atoms with Gasteiger partial charge in [0.2, 0.25) is 0 Å². The third kappa shape index (κ3) is 2.78. The minimum absolute atomic E-state index is 0.178. The molecule has 0 radical (unpaired) electrons. The average Bonchev–Trinajstić information content (AvgIpc) is 2.57. The van der Waals surface area contributed by atoms with Crippen molar-refractivity contribution < 1.29 is 5.11 Å². The Morgan fingerprint density at radius 3 is 2.27 bits per heavy atom. The standard InChI is InChI=1S/C18H19N3O/c1-12-15-10-6-7-11-16(15)18(21-20-12)19-13(2)17(22)14-8-4-3-5-9-14/h3-11,13,17,22H,1-2H3,(H,19,21). The van der Waals surface area contributed by atoms with Crippen molar-refractivity contribution in [1.29, 1.82) is 0 Å². The molecule has 0 aliphatic rings. The van der Waals surface area contributed by atoms with E-state index < -0.39 is 6.10 Å². The van der Waals surface area contributed by atoms with Crippen molar-refractivity contribution in [2.75, 3.05) is 5.32 Å². The molecule has 0 saturated carbocycles. The van der Waals surface area contributed by atoms with E-state index in [1.165, 1.54) is 0 Å². The van der Waals surface area contributed by atoms with Gasteiger partial charge in [-0.05, 0) is 19.4 Å². The fraction of sp³-hybridized carbons (Fsp3) is 0.222. The number of hydrogen-bond donors (Lipinski definition) is 2. The minimum Gasteiger partial charge on any atom is -0.386 e. The Morgan fingerprint density at radius 2 is 1.55 bits per heavy atom. The Bertz CT molecular complexity index is 774. The van der Waals surface area contributed by atoms with E-state index in [2.05, 4.69) is 15.5 Å². The van der Waals surface area contributed by atoms with Crippen LogP contribution in [0.3, 0.4) is 0 Å². The van der Waals surface area contributed by atoms with E-state index in [1.807, 2.05) is 68.4 Å². The van der Waals surface area contributed by atoms with Gasteiger partial charge >= 0.3 is 0 Å². The van der Waals surface area contributed by atoms with Crippen LogP contribution >= 0.6 is 0 Å². The minimum atomic E-state index is -0.608. The van der Waals surface area contributed by atoms with Gasteiger partial charge in [-0.25, -0.2) is 0 Å². The van der Waals surface area contributed by atoms with Crippen molar-refractivity contribution in [1.82, 2.24) is 10.2 Å². The van der Waals surface area contributed by atoms with Gasteiger partial charge in [-0.15, -0.1) is 5.10 Å². The summed E-state index contributed by atoms with van der Waals surface area (Å²) in [5.41, 5.74) is 1.78. The zero-order valence-electron chi connectivity index (χ0n) is 12.7. The largest absolute Gasteiger partial charge is 0.386 e. The Balaban J connectivity index is 1.89. The normalized spacial score (nSPS) is 13.8. The topological polar surface area (TPSA) is 58.0 Å². The lowest BCUT2D eigenvalue weighted by Gasteiger charge is -2.21. The highest BCUT2D eigenvalue weighted by Crippen LogP contribution is 2.25. The first-order valence-electron chi connectivity index (χ1n) is 7.38. The molecule has 22 heavy (non-hydrogen) atoms. The van der Waals surface area contributed by atoms with Crippen molar-refractivity contribution in [3.8, 4) is 0 Å². The van der Waals surface area contributed by atoms with Crippen LogP contribution in [-0.4, -0.2) is 21.3 Å². The highest BCUT2D eigenvalue weighted by Gasteiger charge is 2.17. The lowest BCUT2D eigenvalue weighted by atomic mass is 10.0. The van der Waals surface area contributed by atoms with E-state index in [1.54, 1.807) is 0 Å². The van der Waals surface area contributed by atoms with E-state index in [-0.39, 0.29) is 6.04 Å². The summed E-state index contributed by atoms with van der Waals surface area (Å²) in [5, 5.41) is 24.3. The number of anilines is 1. The van der Waals surface area contributed by atoms with Crippen LogP contribution in [0.4, 0.5) is 5.82 Å². The predicted molar refractivity (Wildman–Crippen MR) is 88.8 cm³/mol. The smallest absolute Gasteiger partial charge is 0.156 e. The van der Waals surface area contributed by atoms with Gasteiger partial charge < -0.3 is 10.4 Å². The molecule has 0 spiro atoms. The Kier molecular flexibility index (Phi) is 4.02. The van der Waals surface area contributed by atoms with Gasteiger partial charge in [0, 0.05) is 10.8 Å². The monoisotopic (exact) mass is 293 g/mol. The molecular weight excluding hydrogens is 274 g/mol. The second-order valence-electron chi connectivity index (χ2n) is 5.47. The van der Waals surface area contributed by atoms with Gasteiger partial charge in [0.05, 0.1) is 17.8 Å². The third-order valence-corrected chi connectivity index (χ3v) is 3.85. The molecule has 2 unspecified atom stereocenters. The predicted octanol–water partition coefficient (Wildman–Crippen LogP) is 3.47. The molecule has 4 heteroatoms. The molecule has 112 valence electrons. The maximum atomic E-state index is 10.5. The quantitative estimate of drug-likeness (QED) is 0.773. The van der Waals surface area contributed by atoms with Crippen molar-refractivity contribution >= 4 is 16.6 Å². The molecule has 0 bridgehead atoms. The molecule has 0 aliphatic heterocycles. The van der Waals surface area contributed by atoms with E-state index in [9.17, 15) is 5.11 Å². The van der Waals surface area contributed by atoms with Crippen LogP contribution in [0.2, 0.25) is 0 Å². The lowest BCUT2D eigenvalue weighted by molar-refractivity contribution is 0.160. The fourth-order valence-electron chi connectivity index (χ4n) is 2.58. The van der Waals surface area contributed by atoms with Crippen molar-refractivity contribution in [3.05, 3.63) is 65.9 Å². The van der Waals surface area contributed by atoms with E-state index in [4.69, 9.17) is 0 Å². The third-order valence-electron chi connectivity index (χ3n) is 3.85. The van der Waals surface area contributed by atoms with Crippen LogP contribution in [0.1, 0.15) is 24.3 Å². The number of hydrogen-bond acceptors (Lipinski definition) is 4. The van der Waals surface area contributed by atoms with Crippen molar-refractivity contribution in [3.63, 3.8) is 0 Å².